The summed E-state index contributed by atoms with van der Waals surface area (Å²) >= 11 is 3.75. The molecule has 0 bridgehead atoms. The molecule has 0 fully saturated rings. The third-order valence-electron chi connectivity index (χ3n) is 4.29. The summed E-state index contributed by atoms with van der Waals surface area (Å²) in [6.45, 7) is 0. The van der Waals surface area contributed by atoms with E-state index in [9.17, 15) is 0 Å². The number of nitrogens with one attached hydrogen (secondary N) is 2. The van der Waals surface area contributed by atoms with E-state index in [4.69, 9.17) is 9.97 Å². The highest BCUT2D eigenvalue weighted by molar-refractivity contribution is 9.10. The van der Waals surface area contributed by atoms with Crippen LogP contribution < -0.4 is 0 Å². The molecule has 0 radical (unpaired) electrons. The minimum absolute atomic E-state index is 0.839. The predicted octanol–water partition coefficient (Wildman–Crippen LogP) is 5.54. The zero-order valence-electron chi connectivity index (χ0n) is 13.1. The molecule has 120 valence electrons. The number of aromatic nitrogens is 4. The lowest BCUT2D eigenvalue weighted by Gasteiger charge is -2.06. The highest BCUT2D eigenvalue weighted by Gasteiger charge is 2.15. The average molecular weight is 389 g/mol. The lowest BCUT2D eigenvalue weighted by atomic mass is 10.1. The fourth-order valence-electron chi connectivity index (χ4n) is 3.06. The number of nitrogens with zero attached hydrogens (tertiary/aromatic N) is 2. The number of para-hydroxylation sites is 4. The van der Waals surface area contributed by atoms with Crippen LogP contribution in [0.2, 0.25) is 0 Å². The summed E-state index contributed by atoms with van der Waals surface area (Å²) in [6, 6.07) is 22.2. The molecule has 0 aliphatic rings. The number of H-pyrrole nitrogens is 2. The van der Waals surface area contributed by atoms with Crippen LogP contribution in [0.25, 0.3) is 44.8 Å². The SMILES string of the molecule is Brc1c(-c2nc3ccccc3[nH]2)cccc1-c1nc2ccccc2[nH]1. The summed E-state index contributed by atoms with van der Waals surface area (Å²) < 4.78 is 0.966. The predicted molar refractivity (Wildman–Crippen MR) is 104 cm³/mol. The van der Waals surface area contributed by atoms with Gasteiger partial charge in [-0.15, -0.1) is 0 Å². The van der Waals surface area contributed by atoms with Crippen molar-refractivity contribution in [3.8, 4) is 22.8 Å². The molecule has 0 amide bonds. The third-order valence-corrected chi connectivity index (χ3v) is 5.14. The first-order valence-electron chi connectivity index (χ1n) is 7.98. The van der Waals surface area contributed by atoms with E-state index in [1.54, 1.807) is 0 Å². The Morgan fingerprint density at radius 3 is 1.56 bits per heavy atom. The van der Waals surface area contributed by atoms with Crippen molar-refractivity contribution in [2.45, 2.75) is 0 Å². The van der Waals surface area contributed by atoms with Crippen LogP contribution in [-0.4, -0.2) is 19.9 Å². The van der Waals surface area contributed by atoms with Gasteiger partial charge in [0, 0.05) is 15.6 Å². The van der Waals surface area contributed by atoms with Gasteiger partial charge in [0.2, 0.25) is 0 Å². The van der Waals surface area contributed by atoms with Gasteiger partial charge < -0.3 is 9.97 Å². The Balaban J connectivity index is 1.68. The van der Waals surface area contributed by atoms with Gasteiger partial charge in [-0.05, 0) is 40.2 Å². The number of halogens is 1. The average Bonchev–Trinajstić information content (AvgIpc) is 3.25. The molecule has 4 nitrogen and oxygen atoms in total. The summed E-state index contributed by atoms with van der Waals surface area (Å²) in [7, 11) is 0. The van der Waals surface area contributed by atoms with Crippen molar-refractivity contribution in [1.29, 1.82) is 0 Å². The summed E-state index contributed by atoms with van der Waals surface area (Å²) in [6.07, 6.45) is 0. The van der Waals surface area contributed by atoms with Crippen LogP contribution in [0.1, 0.15) is 0 Å². The van der Waals surface area contributed by atoms with Gasteiger partial charge in [-0.25, -0.2) is 9.97 Å². The van der Waals surface area contributed by atoms with Gasteiger partial charge in [-0.2, -0.15) is 0 Å². The van der Waals surface area contributed by atoms with Gasteiger partial charge in [0.25, 0.3) is 0 Å². The first kappa shape index (κ1) is 14.4. The van der Waals surface area contributed by atoms with Crippen molar-refractivity contribution in [2.75, 3.05) is 0 Å². The number of hydrogen-bond acceptors (Lipinski definition) is 2. The van der Waals surface area contributed by atoms with Crippen LogP contribution in [0.4, 0.5) is 0 Å². The molecule has 5 rings (SSSR count). The highest BCUT2D eigenvalue weighted by atomic mass is 79.9. The third kappa shape index (κ3) is 2.36. The number of benzene rings is 3. The van der Waals surface area contributed by atoms with Crippen molar-refractivity contribution in [2.24, 2.45) is 0 Å². The van der Waals surface area contributed by atoms with Crippen LogP contribution in [0, 0.1) is 0 Å². The molecule has 0 aliphatic carbocycles. The molecule has 0 atom stereocenters. The van der Waals surface area contributed by atoms with E-state index in [0.29, 0.717) is 0 Å². The minimum atomic E-state index is 0.839. The van der Waals surface area contributed by atoms with E-state index in [0.717, 1.165) is 49.3 Å². The van der Waals surface area contributed by atoms with Gasteiger partial charge in [-0.1, -0.05) is 42.5 Å². The van der Waals surface area contributed by atoms with Gasteiger partial charge in [0.05, 0.1) is 22.1 Å². The lowest BCUT2D eigenvalue weighted by Crippen LogP contribution is -1.88. The Kier molecular flexibility index (Phi) is 3.21. The summed E-state index contributed by atoms with van der Waals surface area (Å²) in [5.74, 6) is 1.68. The second-order valence-electron chi connectivity index (χ2n) is 5.87. The molecule has 5 heteroatoms. The number of rotatable bonds is 2. The quantitative estimate of drug-likeness (QED) is 0.417. The molecule has 0 saturated carbocycles. The number of hydrogen-bond donors (Lipinski definition) is 2. The number of fused-ring (bicyclic) bond motifs is 2. The van der Waals surface area contributed by atoms with Crippen LogP contribution >= 0.6 is 15.9 Å². The minimum Gasteiger partial charge on any atom is -0.338 e. The van der Waals surface area contributed by atoms with Gasteiger partial charge in [-0.3, -0.25) is 0 Å². The number of aromatic amines is 2. The zero-order valence-corrected chi connectivity index (χ0v) is 14.7. The fourth-order valence-corrected chi connectivity index (χ4v) is 3.70. The Bertz CT molecular complexity index is 1060. The molecule has 25 heavy (non-hydrogen) atoms. The molecule has 0 spiro atoms. The van der Waals surface area contributed by atoms with Crippen molar-refractivity contribution < 1.29 is 0 Å². The molecule has 2 N–H and O–H groups in total. The second kappa shape index (κ2) is 5.57. The highest BCUT2D eigenvalue weighted by Crippen LogP contribution is 2.35. The summed E-state index contributed by atoms with van der Waals surface area (Å²) in [4.78, 5) is 16.2. The molecule has 3 aromatic carbocycles. The molecule has 5 aromatic rings. The van der Waals surface area contributed by atoms with Crippen LogP contribution in [0.3, 0.4) is 0 Å². The first-order chi connectivity index (χ1) is 12.3. The normalized spacial score (nSPS) is 11.4. The van der Waals surface area contributed by atoms with E-state index in [2.05, 4.69) is 25.9 Å². The van der Waals surface area contributed by atoms with Crippen molar-refractivity contribution >= 4 is 38.0 Å². The summed E-state index contributed by atoms with van der Waals surface area (Å²) in [5.41, 5.74) is 5.98. The van der Waals surface area contributed by atoms with E-state index in [1.807, 2.05) is 66.7 Å². The molecule has 0 aliphatic heterocycles. The van der Waals surface area contributed by atoms with E-state index >= 15 is 0 Å². The molecule has 0 saturated heterocycles. The van der Waals surface area contributed by atoms with Gasteiger partial charge >= 0.3 is 0 Å². The van der Waals surface area contributed by atoms with Crippen LogP contribution in [0.5, 0.6) is 0 Å². The maximum Gasteiger partial charge on any atom is 0.139 e. The Hall–Kier alpha value is -2.92. The molecule has 2 heterocycles. The topological polar surface area (TPSA) is 57.4 Å². The Labute approximate surface area is 152 Å². The number of imidazole rings is 2. The summed E-state index contributed by atoms with van der Waals surface area (Å²) in [5, 5.41) is 0. The molecular formula is C20H13BrN4. The van der Waals surface area contributed by atoms with Crippen molar-refractivity contribution in [3.05, 3.63) is 71.2 Å². The van der Waals surface area contributed by atoms with Gasteiger partial charge in [0.1, 0.15) is 11.6 Å². The largest absolute Gasteiger partial charge is 0.338 e. The smallest absolute Gasteiger partial charge is 0.139 e. The monoisotopic (exact) mass is 388 g/mol. The Morgan fingerprint density at radius 2 is 1.08 bits per heavy atom. The van der Waals surface area contributed by atoms with Crippen LogP contribution in [0.15, 0.2) is 71.2 Å². The maximum absolute atomic E-state index is 4.71. The lowest BCUT2D eigenvalue weighted by molar-refractivity contribution is 1.30. The maximum atomic E-state index is 4.71. The molecular weight excluding hydrogens is 376 g/mol. The van der Waals surface area contributed by atoms with Gasteiger partial charge in [0.15, 0.2) is 0 Å². The zero-order chi connectivity index (χ0) is 16.8. The standard InChI is InChI=1S/C20H13BrN4/c21-18-12(19-22-14-8-1-2-9-15(14)23-19)6-5-7-13(18)20-24-16-10-3-4-11-17(16)25-20/h1-11H,(H,22,23)(H,24,25). The van der Waals surface area contributed by atoms with E-state index in [1.165, 1.54) is 0 Å². The molecule has 2 aromatic heterocycles. The van der Waals surface area contributed by atoms with Crippen molar-refractivity contribution in [3.63, 3.8) is 0 Å². The van der Waals surface area contributed by atoms with Crippen molar-refractivity contribution in [1.82, 2.24) is 19.9 Å². The van der Waals surface area contributed by atoms with E-state index < -0.39 is 0 Å². The molecule has 0 unspecified atom stereocenters. The first-order valence-corrected chi connectivity index (χ1v) is 8.78. The fraction of sp³-hybridized carbons (Fsp3) is 0. The van der Waals surface area contributed by atoms with Crippen LogP contribution in [-0.2, 0) is 0 Å². The second-order valence-corrected chi connectivity index (χ2v) is 6.67. The van der Waals surface area contributed by atoms with E-state index in [-0.39, 0.29) is 0 Å². The Morgan fingerprint density at radius 1 is 0.600 bits per heavy atom.